The second kappa shape index (κ2) is 5.20. The third-order valence-electron chi connectivity index (χ3n) is 1.56. The number of alkyl halides is 1. The van der Waals surface area contributed by atoms with Gasteiger partial charge in [0.05, 0.1) is 5.92 Å². The van der Waals surface area contributed by atoms with Gasteiger partial charge in [-0.3, -0.25) is 9.18 Å². The smallest absolute Gasteiger partial charge is 0.312 e. The van der Waals surface area contributed by atoms with Crippen LogP contribution in [-0.2, 0) is 9.53 Å². The predicted molar refractivity (Wildman–Crippen MR) is 50.2 cm³/mol. The van der Waals surface area contributed by atoms with Crippen LogP contribution < -0.4 is 0 Å². The molecular formula is C10H19FO2. The van der Waals surface area contributed by atoms with Gasteiger partial charge in [-0.25, -0.2) is 0 Å². The summed E-state index contributed by atoms with van der Waals surface area (Å²) in [6.45, 7) is 6.65. The molecule has 0 aliphatic heterocycles. The van der Waals surface area contributed by atoms with Gasteiger partial charge in [0.1, 0.15) is 12.3 Å². The van der Waals surface area contributed by atoms with Gasteiger partial charge in [0.25, 0.3) is 0 Å². The molecule has 78 valence electrons. The molecule has 13 heavy (non-hydrogen) atoms. The van der Waals surface area contributed by atoms with E-state index >= 15 is 0 Å². The van der Waals surface area contributed by atoms with Crippen molar-refractivity contribution in [1.29, 1.82) is 0 Å². The Morgan fingerprint density at radius 3 is 2.31 bits per heavy atom. The van der Waals surface area contributed by atoms with Crippen LogP contribution >= 0.6 is 0 Å². The van der Waals surface area contributed by atoms with Crippen molar-refractivity contribution < 1.29 is 13.9 Å². The highest BCUT2D eigenvalue weighted by Gasteiger charge is 2.24. The maximum absolute atomic E-state index is 12.4. The molecule has 0 saturated carbocycles. The van der Waals surface area contributed by atoms with Gasteiger partial charge in [-0.15, -0.1) is 0 Å². The Labute approximate surface area is 79.5 Å². The molecule has 0 amide bonds. The van der Waals surface area contributed by atoms with E-state index in [-0.39, 0.29) is 0 Å². The summed E-state index contributed by atoms with van der Waals surface area (Å²) in [5, 5.41) is 0. The quantitative estimate of drug-likeness (QED) is 0.637. The first kappa shape index (κ1) is 12.4. The molecule has 0 spiro atoms. The molecule has 0 rings (SSSR count). The van der Waals surface area contributed by atoms with Gasteiger partial charge in [0.15, 0.2) is 0 Å². The lowest BCUT2D eigenvalue weighted by Gasteiger charge is -2.22. The lowest BCUT2D eigenvalue weighted by molar-refractivity contribution is -0.160. The van der Waals surface area contributed by atoms with Crippen LogP contribution in [0.25, 0.3) is 0 Å². The fourth-order valence-electron chi connectivity index (χ4n) is 0.992. The van der Waals surface area contributed by atoms with Crippen molar-refractivity contribution in [2.75, 3.05) is 6.67 Å². The molecule has 0 radical (unpaired) electrons. The van der Waals surface area contributed by atoms with Gasteiger partial charge in [0.2, 0.25) is 0 Å². The van der Waals surface area contributed by atoms with Crippen LogP contribution in [0, 0.1) is 5.92 Å². The van der Waals surface area contributed by atoms with Crippen LogP contribution in [0.2, 0.25) is 0 Å². The molecule has 0 N–H and O–H groups in total. The maximum atomic E-state index is 12.4. The summed E-state index contributed by atoms with van der Waals surface area (Å²) in [4.78, 5) is 11.3. The minimum absolute atomic E-state index is 0.420. The third kappa shape index (κ3) is 5.61. The van der Waals surface area contributed by atoms with Gasteiger partial charge < -0.3 is 4.74 Å². The van der Waals surface area contributed by atoms with Crippen molar-refractivity contribution in [3.8, 4) is 0 Å². The van der Waals surface area contributed by atoms with Gasteiger partial charge in [-0.2, -0.15) is 0 Å². The molecule has 1 unspecified atom stereocenters. The Morgan fingerprint density at radius 2 is 2.00 bits per heavy atom. The molecule has 3 heteroatoms. The van der Waals surface area contributed by atoms with Crippen molar-refractivity contribution in [3.63, 3.8) is 0 Å². The average molecular weight is 190 g/mol. The van der Waals surface area contributed by atoms with E-state index in [0.717, 1.165) is 6.42 Å². The fraction of sp³-hybridized carbons (Fsp3) is 0.900. The van der Waals surface area contributed by atoms with E-state index in [4.69, 9.17) is 4.74 Å². The van der Waals surface area contributed by atoms with Crippen molar-refractivity contribution in [2.24, 2.45) is 5.92 Å². The van der Waals surface area contributed by atoms with Crippen LogP contribution in [0.1, 0.15) is 40.5 Å². The highest BCUT2D eigenvalue weighted by molar-refractivity contribution is 5.72. The summed E-state index contributed by atoms with van der Waals surface area (Å²) in [7, 11) is 0. The maximum Gasteiger partial charge on any atom is 0.312 e. The minimum atomic E-state index is -0.622. The molecule has 0 aromatic rings. The van der Waals surface area contributed by atoms with E-state index in [1.54, 1.807) is 20.8 Å². The summed E-state index contributed by atoms with van der Waals surface area (Å²) in [5.74, 6) is -0.999. The second-order valence-electron chi connectivity index (χ2n) is 4.17. The van der Waals surface area contributed by atoms with Crippen LogP contribution in [0.4, 0.5) is 4.39 Å². The number of carbonyl (C=O) groups is 1. The van der Waals surface area contributed by atoms with Gasteiger partial charge in [0, 0.05) is 0 Å². The average Bonchev–Trinajstić information content (AvgIpc) is 1.96. The number of rotatable bonds is 4. The molecule has 2 nitrogen and oxygen atoms in total. The van der Waals surface area contributed by atoms with Crippen molar-refractivity contribution in [3.05, 3.63) is 0 Å². The first-order valence-corrected chi connectivity index (χ1v) is 4.69. The zero-order valence-corrected chi connectivity index (χ0v) is 8.89. The summed E-state index contributed by atoms with van der Waals surface area (Å²) in [5.41, 5.74) is -0.516. The molecule has 0 bridgehead atoms. The highest BCUT2D eigenvalue weighted by atomic mass is 19.1. The van der Waals surface area contributed by atoms with E-state index in [1.165, 1.54) is 0 Å². The van der Waals surface area contributed by atoms with Crippen molar-refractivity contribution >= 4 is 5.97 Å². The zero-order chi connectivity index (χ0) is 10.5. The SMILES string of the molecule is CCCC(CF)C(=O)OC(C)(C)C. The lowest BCUT2D eigenvalue weighted by Crippen LogP contribution is -2.29. The first-order chi connectivity index (χ1) is 5.90. The second-order valence-corrected chi connectivity index (χ2v) is 4.17. The number of hydrogen-bond acceptors (Lipinski definition) is 2. The van der Waals surface area contributed by atoms with Crippen molar-refractivity contribution in [1.82, 2.24) is 0 Å². The first-order valence-electron chi connectivity index (χ1n) is 4.69. The Kier molecular flexibility index (Phi) is 4.96. The Morgan fingerprint density at radius 1 is 1.46 bits per heavy atom. The van der Waals surface area contributed by atoms with Crippen molar-refractivity contribution in [2.45, 2.75) is 46.1 Å². The van der Waals surface area contributed by atoms with Crippen LogP contribution in [0.5, 0.6) is 0 Å². The van der Waals surface area contributed by atoms with Crippen LogP contribution in [0.3, 0.4) is 0 Å². The van der Waals surface area contributed by atoms with Gasteiger partial charge in [-0.05, 0) is 27.2 Å². The molecule has 0 aromatic carbocycles. The zero-order valence-electron chi connectivity index (χ0n) is 8.89. The molecular weight excluding hydrogens is 171 g/mol. The largest absolute Gasteiger partial charge is 0.460 e. The number of halogens is 1. The van der Waals surface area contributed by atoms with Crippen LogP contribution in [0.15, 0.2) is 0 Å². The molecule has 0 aliphatic carbocycles. The number of carbonyl (C=O) groups excluding carboxylic acids is 1. The highest BCUT2D eigenvalue weighted by Crippen LogP contribution is 2.15. The van der Waals surface area contributed by atoms with E-state index in [2.05, 4.69) is 0 Å². The van der Waals surface area contributed by atoms with E-state index in [9.17, 15) is 9.18 Å². The third-order valence-corrected chi connectivity index (χ3v) is 1.56. The molecule has 0 saturated heterocycles. The van der Waals surface area contributed by atoms with E-state index in [0.29, 0.717) is 6.42 Å². The van der Waals surface area contributed by atoms with Gasteiger partial charge in [-0.1, -0.05) is 13.3 Å². The molecule has 1 atom stereocenters. The minimum Gasteiger partial charge on any atom is -0.460 e. The van der Waals surface area contributed by atoms with E-state index in [1.807, 2.05) is 6.92 Å². The number of ether oxygens (including phenoxy) is 1. The standard InChI is InChI=1S/C10H19FO2/c1-5-6-8(7-11)9(12)13-10(2,3)4/h8H,5-7H2,1-4H3. The molecule has 0 aromatic heterocycles. The van der Waals surface area contributed by atoms with Crippen LogP contribution in [-0.4, -0.2) is 18.2 Å². The number of esters is 1. The summed E-state index contributed by atoms with van der Waals surface area (Å²) in [6, 6.07) is 0. The Bertz CT molecular complexity index is 161. The predicted octanol–water partition coefficient (Wildman–Crippen LogP) is 2.71. The molecule has 0 fully saturated rings. The topological polar surface area (TPSA) is 26.3 Å². The normalized spacial score (nSPS) is 13.9. The Hall–Kier alpha value is -0.600. The summed E-state index contributed by atoms with van der Waals surface area (Å²) >= 11 is 0. The monoisotopic (exact) mass is 190 g/mol. The van der Waals surface area contributed by atoms with E-state index < -0.39 is 24.2 Å². The van der Waals surface area contributed by atoms with Gasteiger partial charge >= 0.3 is 5.97 Å². The fourth-order valence-corrected chi connectivity index (χ4v) is 0.992. The lowest BCUT2D eigenvalue weighted by atomic mass is 10.1. The molecule has 0 aliphatic rings. The molecule has 0 heterocycles. The summed E-state index contributed by atoms with van der Waals surface area (Å²) < 4.78 is 17.4. The summed E-state index contributed by atoms with van der Waals surface area (Å²) in [6.07, 6.45) is 1.36. The Balaban J connectivity index is 4.06. The number of hydrogen-bond donors (Lipinski definition) is 0.